The minimum atomic E-state index is -0.104. The summed E-state index contributed by atoms with van der Waals surface area (Å²) in [5.41, 5.74) is 12.9. The zero-order valence-corrected chi connectivity index (χ0v) is 11.1. The predicted octanol–water partition coefficient (Wildman–Crippen LogP) is 1.91. The average Bonchev–Trinajstić information content (AvgIpc) is 2.46. The molecule has 0 atom stereocenters. The first-order chi connectivity index (χ1) is 10.1. The van der Waals surface area contributed by atoms with Crippen LogP contribution in [0.3, 0.4) is 0 Å². The molecule has 1 heterocycles. The summed E-state index contributed by atoms with van der Waals surface area (Å²) >= 11 is 0. The SMILES string of the molecule is NC(N)=Nc1nc(-c2cccc(O)c2)c2ccccc2n1. The smallest absolute Gasteiger partial charge is 0.253 e. The van der Waals surface area contributed by atoms with Crippen molar-refractivity contribution < 1.29 is 5.11 Å². The van der Waals surface area contributed by atoms with Crippen molar-refractivity contribution in [3.8, 4) is 17.0 Å². The number of hydrogen-bond acceptors (Lipinski definition) is 4. The van der Waals surface area contributed by atoms with Crippen LogP contribution < -0.4 is 11.5 Å². The maximum absolute atomic E-state index is 9.65. The van der Waals surface area contributed by atoms with Gasteiger partial charge in [0.25, 0.3) is 5.95 Å². The molecule has 6 heteroatoms. The minimum absolute atomic E-state index is 0.104. The van der Waals surface area contributed by atoms with Crippen LogP contribution in [-0.2, 0) is 0 Å². The molecule has 6 nitrogen and oxygen atoms in total. The Morgan fingerprint density at radius 2 is 1.81 bits per heavy atom. The lowest BCUT2D eigenvalue weighted by Gasteiger charge is -2.07. The van der Waals surface area contributed by atoms with E-state index in [1.807, 2.05) is 30.3 Å². The number of phenolic OH excluding ortho intramolecular Hbond substituents is 1. The van der Waals surface area contributed by atoms with Gasteiger partial charge in [-0.25, -0.2) is 9.97 Å². The van der Waals surface area contributed by atoms with Crippen LogP contribution in [0.15, 0.2) is 53.5 Å². The summed E-state index contributed by atoms with van der Waals surface area (Å²) in [7, 11) is 0. The van der Waals surface area contributed by atoms with E-state index in [0.29, 0.717) is 5.69 Å². The van der Waals surface area contributed by atoms with Crippen molar-refractivity contribution >= 4 is 22.8 Å². The van der Waals surface area contributed by atoms with E-state index in [4.69, 9.17) is 11.5 Å². The molecule has 0 unspecified atom stereocenters. The van der Waals surface area contributed by atoms with Crippen LogP contribution in [0.4, 0.5) is 5.95 Å². The van der Waals surface area contributed by atoms with Crippen molar-refractivity contribution in [3.05, 3.63) is 48.5 Å². The largest absolute Gasteiger partial charge is 0.508 e. The topological polar surface area (TPSA) is 110 Å². The fourth-order valence-corrected chi connectivity index (χ4v) is 2.10. The first-order valence-corrected chi connectivity index (χ1v) is 6.29. The van der Waals surface area contributed by atoms with Crippen LogP contribution in [0.25, 0.3) is 22.2 Å². The lowest BCUT2D eigenvalue weighted by molar-refractivity contribution is 0.475. The summed E-state index contributed by atoms with van der Waals surface area (Å²) in [6.45, 7) is 0. The summed E-state index contributed by atoms with van der Waals surface area (Å²) in [5, 5.41) is 10.5. The van der Waals surface area contributed by atoms with E-state index >= 15 is 0 Å². The normalized spacial score (nSPS) is 10.5. The van der Waals surface area contributed by atoms with Crippen molar-refractivity contribution in [3.63, 3.8) is 0 Å². The number of aromatic hydroxyl groups is 1. The van der Waals surface area contributed by atoms with Crippen molar-refractivity contribution in [2.45, 2.75) is 0 Å². The Kier molecular flexibility index (Phi) is 3.12. The molecule has 0 spiro atoms. The summed E-state index contributed by atoms with van der Waals surface area (Å²) in [6, 6.07) is 14.4. The molecule has 0 saturated heterocycles. The Morgan fingerprint density at radius 3 is 2.57 bits per heavy atom. The zero-order valence-electron chi connectivity index (χ0n) is 11.1. The molecule has 0 saturated carbocycles. The lowest BCUT2D eigenvalue weighted by Crippen LogP contribution is -2.22. The molecule has 0 fully saturated rings. The number of aliphatic imine (C=N–C) groups is 1. The number of nitrogens with zero attached hydrogens (tertiary/aromatic N) is 3. The first-order valence-electron chi connectivity index (χ1n) is 6.29. The van der Waals surface area contributed by atoms with E-state index in [-0.39, 0.29) is 17.7 Å². The number of fused-ring (bicyclic) bond motifs is 1. The summed E-state index contributed by atoms with van der Waals surface area (Å²) < 4.78 is 0. The first kappa shape index (κ1) is 12.9. The van der Waals surface area contributed by atoms with Gasteiger partial charge in [-0.3, -0.25) is 0 Å². The highest BCUT2D eigenvalue weighted by Crippen LogP contribution is 2.29. The van der Waals surface area contributed by atoms with E-state index in [0.717, 1.165) is 16.5 Å². The molecule has 0 aliphatic heterocycles. The van der Waals surface area contributed by atoms with E-state index in [2.05, 4.69) is 15.0 Å². The molecule has 1 aromatic heterocycles. The van der Waals surface area contributed by atoms with E-state index in [1.165, 1.54) is 0 Å². The number of para-hydroxylation sites is 1. The standard InChI is InChI=1S/C15H13N5O/c16-14(17)20-15-18-12-7-2-1-6-11(12)13(19-15)9-4-3-5-10(21)8-9/h1-8,21H,(H4,16,17,18,19,20). The monoisotopic (exact) mass is 279 g/mol. The summed E-state index contributed by atoms with van der Waals surface area (Å²) in [6.07, 6.45) is 0. The third-order valence-corrected chi connectivity index (χ3v) is 2.94. The molecule has 0 amide bonds. The van der Waals surface area contributed by atoms with Crippen LogP contribution in [0.5, 0.6) is 5.75 Å². The van der Waals surface area contributed by atoms with Gasteiger partial charge in [0.15, 0.2) is 5.96 Å². The Morgan fingerprint density at radius 1 is 1.00 bits per heavy atom. The Labute approximate surface area is 120 Å². The van der Waals surface area contributed by atoms with Crippen molar-refractivity contribution in [2.75, 3.05) is 0 Å². The summed E-state index contributed by atoms with van der Waals surface area (Å²) in [4.78, 5) is 12.6. The second-order valence-electron chi connectivity index (χ2n) is 4.48. The van der Waals surface area contributed by atoms with Gasteiger partial charge >= 0.3 is 0 Å². The number of rotatable bonds is 2. The molecule has 0 radical (unpaired) electrons. The number of benzene rings is 2. The fourth-order valence-electron chi connectivity index (χ4n) is 2.10. The average molecular weight is 279 g/mol. The van der Waals surface area contributed by atoms with Crippen molar-refractivity contribution in [2.24, 2.45) is 16.5 Å². The van der Waals surface area contributed by atoms with Gasteiger partial charge in [-0.15, -0.1) is 0 Å². The quantitative estimate of drug-likeness (QED) is 0.490. The van der Waals surface area contributed by atoms with Gasteiger partial charge in [-0.1, -0.05) is 30.3 Å². The van der Waals surface area contributed by atoms with Crippen LogP contribution >= 0.6 is 0 Å². The van der Waals surface area contributed by atoms with Crippen LogP contribution in [0.2, 0.25) is 0 Å². The molecule has 0 bridgehead atoms. The van der Waals surface area contributed by atoms with E-state index in [9.17, 15) is 5.11 Å². The molecule has 5 N–H and O–H groups in total. The van der Waals surface area contributed by atoms with Gasteiger partial charge in [0, 0.05) is 10.9 Å². The van der Waals surface area contributed by atoms with Crippen LogP contribution in [0, 0.1) is 0 Å². The maximum Gasteiger partial charge on any atom is 0.253 e. The molecule has 0 aliphatic rings. The number of aromatic nitrogens is 2. The van der Waals surface area contributed by atoms with Crippen molar-refractivity contribution in [1.29, 1.82) is 0 Å². The van der Waals surface area contributed by atoms with Crippen LogP contribution in [-0.4, -0.2) is 21.0 Å². The molecule has 3 rings (SSSR count). The molecule has 3 aromatic rings. The molecule has 0 aliphatic carbocycles. The molecule has 104 valence electrons. The Bertz CT molecular complexity index is 840. The summed E-state index contributed by atoms with van der Waals surface area (Å²) in [5.74, 6) is 0.248. The van der Waals surface area contributed by atoms with Gasteiger partial charge in [-0.2, -0.15) is 4.99 Å². The highest BCUT2D eigenvalue weighted by molar-refractivity contribution is 5.93. The number of nitrogens with two attached hydrogens (primary N) is 2. The van der Waals surface area contributed by atoms with Gasteiger partial charge in [0.1, 0.15) is 5.75 Å². The third-order valence-electron chi connectivity index (χ3n) is 2.94. The van der Waals surface area contributed by atoms with Gasteiger partial charge in [0.2, 0.25) is 0 Å². The van der Waals surface area contributed by atoms with Gasteiger partial charge < -0.3 is 16.6 Å². The fraction of sp³-hybridized carbons (Fsp3) is 0. The second kappa shape index (κ2) is 5.09. The Balaban J connectivity index is 2.31. The lowest BCUT2D eigenvalue weighted by atomic mass is 10.1. The number of hydrogen-bond donors (Lipinski definition) is 3. The second-order valence-corrected chi connectivity index (χ2v) is 4.48. The highest BCUT2D eigenvalue weighted by atomic mass is 16.3. The molecule has 21 heavy (non-hydrogen) atoms. The zero-order chi connectivity index (χ0) is 14.8. The number of guanidine groups is 1. The van der Waals surface area contributed by atoms with E-state index in [1.54, 1.807) is 18.2 Å². The third kappa shape index (κ3) is 2.59. The maximum atomic E-state index is 9.65. The Hall–Kier alpha value is -3.15. The van der Waals surface area contributed by atoms with E-state index < -0.39 is 0 Å². The highest BCUT2D eigenvalue weighted by Gasteiger charge is 2.10. The molecule has 2 aromatic carbocycles. The van der Waals surface area contributed by atoms with Gasteiger partial charge in [-0.05, 0) is 18.2 Å². The number of phenols is 1. The minimum Gasteiger partial charge on any atom is -0.508 e. The molecular weight excluding hydrogens is 266 g/mol. The molecular formula is C15H13N5O. The predicted molar refractivity (Wildman–Crippen MR) is 82.1 cm³/mol. The van der Waals surface area contributed by atoms with Crippen molar-refractivity contribution in [1.82, 2.24) is 9.97 Å². The van der Waals surface area contributed by atoms with Crippen LogP contribution in [0.1, 0.15) is 0 Å². The van der Waals surface area contributed by atoms with Gasteiger partial charge in [0.05, 0.1) is 11.2 Å².